The Morgan fingerprint density at radius 1 is 1.58 bits per heavy atom. The van der Waals surface area contributed by atoms with Gasteiger partial charge in [0.15, 0.2) is 0 Å². The van der Waals surface area contributed by atoms with Gasteiger partial charge in [-0.25, -0.2) is 9.78 Å². The maximum absolute atomic E-state index is 10.7. The quantitative estimate of drug-likeness (QED) is 0.884. The number of aromatic nitrogens is 1. The van der Waals surface area contributed by atoms with E-state index < -0.39 is 5.97 Å². The van der Waals surface area contributed by atoms with E-state index in [0.717, 1.165) is 37.5 Å². The molecule has 6 heteroatoms. The first-order valence-electron chi connectivity index (χ1n) is 6.72. The highest BCUT2D eigenvalue weighted by Crippen LogP contribution is 2.47. The van der Waals surface area contributed by atoms with E-state index >= 15 is 0 Å². The number of carboxylic acid groups (broad SMARTS) is 1. The molecule has 2 fully saturated rings. The predicted molar refractivity (Wildman–Crippen MR) is 75.3 cm³/mol. The van der Waals surface area contributed by atoms with Gasteiger partial charge in [-0.05, 0) is 18.3 Å². The first kappa shape index (κ1) is 14.4. The van der Waals surface area contributed by atoms with Crippen LogP contribution >= 0.6 is 11.3 Å². The lowest BCUT2D eigenvalue weighted by Crippen LogP contribution is -2.64. The van der Waals surface area contributed by atoms with Gasteiger partial charge in [0.05, 0.1) is 12.7 Å². The number of aromatic carboxylic acids is 1. The zero-order valence-electron chi connectivity index (χ0n) is 11.4. The second-order valence-corrected chi connectivity index (χ2v) is 6.35. The van der Waals surface area contributed by atoms with E-state index in [1.807, 2.05) is 13.8 Å². The summed E-state index contributed by atoms with van der Waals surface area (Å²) in [6, 6.07) is 0.399. The summed E-state index contributed by atoms with van der Waals surface area (Å²) in [7, 11) is 0. The summed E-state index contributed by atoms with van der Waals surface area (Å²) in [6.07, 6.45) is 3.72. The number of nitrogens with two attached hydrogens (primary N) is 1. The average Bonchev–Trinajstić information content (AvgIpc) is 2.76. The molecule has 1 spiro atoms. The Balaban J connectivity index is 0.000000637. The molecule has 0 radical (unpaired) electrons. The molecule has 1 saturated heterocycles. The number of hydrogen-bond acceptors (Lipinski definition) is 5. The number of thiazole rings is 1. The topological polar surface area (TPSA) is 79.5 Å². The summed E-state index contributed by atoms with van der Waals surface area (Å²) in [5, 5.41) is 9.70. The van der Waals surface area contributed by atoms with Crippen molar-refractivity contribution < 1.29 is 9.90 Å². The largest absolute Gasteiger partial charge is 0.477 e. The predicted octanol–water partition coefficient (Wildman–Crippen LogP) is 1.79. The molecule has 0 unspecified atom stereocenters. The normalized spacial score (nSPS) is 21.2. The maximum Gasteiger partial charge on any atom is 0.347 e. The third-order valence-electron chi connectivity index (χ3n) is 3.63. The first-order chi connectivity index (χ1) is 9.06. The highest BCUT2D eigenvalue weighted by molar-refractivity contribution is 7.13. The van der Waals surface area contributed by atoms with Crippen molar-refractivity contribution in [2.75, 3.05) is 13.1 Å². The molecule has 0 atom stereocenters. The molecule has 1 saturated carbocycles. The molecule has 5 nitrogen and oxygen atoms in total. The number of hydrogen-bond donors (Lipinski definition) is 2. The van der Waals surface area contributed by atoms with E-state index in [9.17, 15) is 4.79 Å². The minimum Gasteiger partial charge on any atom is -0.477 e. The molecule has 3 N–H and O–H groups in total. The van der Waals surface area contributed by atoms with Crippen molar-refractivity contribution >= 4 is 17.3 Å². The van der Waals surface area contributed by atoms with Gasteiger partial charge in [0.25, 0.3) is 0 Å². The summed E-state index contributed by atoms with van der Waals surface area (Å²) >= 11 is 1.27. The Kier molecular flexibility index (Phi) is 4.23. The van der Waals surface area contributed by atoms with Crippen molar-refractivity contribution in [3.63, 3.8) is 0 Å². The van der Waals surface area contributed by atoms with Gasteiger partial charge in [0, 0.05) is 19.1 Å². The van der Waals surface area contributed by atoms with Crippen LogP contribution in [0.15, 0.2) is 6.20 Å². The lowest BCUT2D eigenvalue weighted by Gasteiger charge is -2.58. The van der Waals surface area contributed by atoms with Gasteiger partial charge in [-0.3, -0.25) is 4.90 Å². The van der Waals surface area contributed by atoms with Crippen molar-refractivity contribution in [3.8, 4) is 0 Å². The zero-order chi connectivity index (χ0) is 14.0. The van der Waals surface area contributed by atoms with Crippen molar-refractivity contribution in [1.82, 2.24) is 9.88 Å². The molecule has 0 bridgehead atoms. The van der Waals surface area contributed by atoms with Gasteiger partial charge in [0.2, 0.25) is 0 Å². The van der Waals surface area contributed by atoms with E-state index in [0.29, 0.717) is 16.3 Å². The number of carboxylic acids is 1. The molecule has 1 aliphatic carbocycles. The van der Waals surface area contributed by atoms with E-state index in [1.165, 1.54) is 17.5 Å². The van der Waals surface area contributed by atoms with Gasteiger partial charge < -0.3 is 10.8 Å². The van der Waals surface area contributed by atoms with Gasteiger partial charge in [-0.15, -0.1) is 11.3 Å². The number of nitrogens with zero attached hydrogens (tertiary/aromatic N) is 2. The molecule has 2 aliphatic rings. The standard InChI is InChI=1S/C11H15N3O2S.C2H6/c12-7-1-11(2-7)5-14(6-11)4-9-13-3-8(17-9)10(15)16;1-2/h3,7H,1-2,4-6,12H2,(H,15,16);1-2H3. The Labute approximate surface area is 117 Å². The van der Waals surface area contributed by atoms with Crippen LogP contribution in [0, 0.1) is 5.41 Å². The smallest absolute Gasteiger partial charge is 0.347 e. The van der Waals surface area contributed by atoms with E-state index in [4.69, 9.17) is 10.8 Å². The number of likely N-dealkylation sites (tertiary alicyclic amines) is 1. The summed E-state index contributed by atoms with van der Waals surface area (Å²) < 4.78 is 0. The highest BCUT2D eigenvalue weighted by Gasteiger charge is 2.50. The minimum absolute atomic E-state index is 0.320. The van der Waals surface area contributed by atoms with Crippen LogP contribution in [-0.2, 0) is 6.54 Å². The molecule has 106 valence electrons. The summed E-state index contributed by atoms with van der Waals surface area (Å²) in [5.41, 5.74) is 6.28. The van der Waals surface area contributed by atoms with Crippen molar-refractivity contribution in [3.05, 3.63) is 16.1 Å². The van der Waals surface area contributed by atoms with Gasteiger partial charge >= 0.3 is 5.97 Å². The van der Waals surface area contributed by atoms with E-state index in [-0.39, 0.29) is 0 Å². The van der Waals surface area contributed by atoms with E-state index in [2.05, 4.69) is 9.88 Å². The van der Waals surface area contributed by atoms with Gasteiger partial charge in [-0.1, -0.05) is 13.8 Å². The molecule has 3 rings (SSSR count). The Morgan fingerprint density at radius 3 is 2.68 bits per heavy atom. The third kappa shape index (κ3) is 2.96. The molecule has 0 aromatic carbocycles. The molecule has 1 aliphatic heterocycles. The maximum atomic E-state index is 10.7. The van der Waals surface area contributed by atoms with Crippen LogP contribution in [-0.4, -0.2) is 40.1 Å². The van der Waals surface area contributed by atoms with Crippen LogP contribution in [0.4, 0.5) is 0 Å². The second kappa shape index (κ2) is 5.56. The molecule has 1 aromatic heterocycles. The fraction of sp³-hybridized carbons (Fsp3) is 0.692. The summed E-state index contributed by atoms with van der Waals surface area (Å²) in [4.78, 5) is 17.5. The average molecular weight is 283 g/mol. The fourth-order valence-corrected chi connectivity index (χ4v) is 3.80. The van der Waals surface area contributed by atoms with Crippen molar-refractivity contribution in [2.24, 2.45) is 11.1 Å². The van der Waals surface area contributed by atoms with Crippen LogP contribution in [0.3, 0.4) is 0 Å². The monoisotopic (exact) mass is 283 g/mol. The number of carbonyl (C=O) groups is 1. The molecule has 0 amide bonds. The zero-order valence-corrected chi connectivity index (χ0v) is 12.2. The molecule has 1 aromatic rings. The van der Waals surface area contributed by atoms with Crippen LogP contribution in [0.2, 0.25) is 0 Å². The van der Waals surface area contributed by atoms with Crippen LogP contribution in [0.25, 0.3) is 0 Å². The SMILES string of the molecule is CC.NC1CC2(C1)CN(Cc1ncc(C(=O)O)s1)C2. The van der Waals surface area contributed by atoms with Crippen LogP contribution in [0.5, 0.6) is 0 Å². The van der Waals surface area contributed by atoms with Crippen molar-refractivity contribution in [2.45, 2.75) is 39.3 Å². The van der Waals surface area contributed by atoms with E-state index in [1.54, 1.807) is 0 Å². The Morgan fingerprint density at radius 2 is 2.21 bits per heavy atom. The molecular formula is C13H21N3O2S. The lowest BCUT2D eigenvalue weighted by molar-refractivity contribution is -0.0752. The van der Waals surface area contributed by atoms with Crippen LogP contribution in [0.1, 0.15) is 41.4 Å². The van der Waals surface area contributed by atoms with Gasteiger partial charge in [-0.2, -0.15) is 0 Å². The van der Waals surface area contributed by atoms with Crippen LogP contribution < -0.4 is 5.73 Å². The summed E-state index contributed by atoms with van der Waals surface area (Å²) in [5.74, 6) is -0.890. The molecule has 2 heterocycles. The summed E-state index contributed by atoms with van der Waals surface area (Å²) in [6.45, 7) is 6.94. The molecule has 19 heavy (non-hydrogen) atoms. The fourth-order valence-electron chi connectivity index (χ4n) is 3.00. The number of rotatable bonds is 3. The Hall–Kier alpha value is -0.980. The minimum atomic E-state index is -0.890. The highest BCUT2D eigenvalue weighted by atomic mass is 32.1. The van der Waals surface area contributed by atoms with Gasteiger partial charge in [0.1, 0.15) is 9.88 Å². The lowest BCUT2D eigenvalue weighted by atomic mass is 9.61. The Bertz CT molecular complexity index is 446. The first-order valence-corrected chi connectivity index (χ1v) is 7.54. The molecular weight excluding hydrogens is 262 g/mol. The second-order valence-electron chi connectivity index (χ2n) is 5.24. The third-order valence-corrected chi connectivity index (χ3v) is 4.60. The van der Waals surface area contributed by atoms with Crippen molar-refractivity contribution in [1.29, 1.82) is 0 Å².